The Morgan fingerprint density at radius 2 is 1.75 bits per heavy atom. The number of aromatic hydroxyl groups is 1. The zero-order chi connectivity index (χ0) is 45.1. The van der Waals surface area contributed by atoms with Crippen LogP contribution in [0.3, 0.4) is 0 Å². The number of aromatic amines is 1. The fraction of sp³-hybridized carbons (Fsp3) is 0.488. The van der Waals surface area contributed by atoms with E-state index in [1.807, 2.05) is 0 Å². The van der Waals surface area contributed by atoms with Gasteiger partial charge in [-0.1, -0.05) is 40.5 Å². The molecule has 3 heterocycles. The molecule has 2 bridgehead atoms. The predicted octanol–water partition coefficient (Wildman–Crippen LogP) is 0.855. The molecule has 1 aliphatic heterocycles. The lowest BCUT2D eigenvalue weighted by Crippen LogP contribution is -2.64. The van der Waals surface area contributed by atoms with Gasteiger partial charge in [0.2, 0.25) is 29.4 Å². The monoisotopic (exact) mass is 865 g/mol. The third kappa shape index (κ3) is 12.1. The lowest BCUT2D eigenvalue weighted by atomic mass is 9.93. The van der Waals surface area contributed by atoms with Crippen molar-refractivity contribution in [2.75, 3.05) is 13.7 Å². The summed E-state index contributed by atoms with van der Waals surface area (Å²) in [5.74, 6) is -8.81. The van der Waals surface area contributed by atoms with Gasteiger partial charge in [0.1, 0.15) is 34.9 Å². The number of rotatable bonds is 14. The summed E-state index contributed by atoms with van der Waals surface area (Å²) >= 11 is 1.14. The highest BCUT2D eigenvalue weighted by atomic mass is 32.1. The molecule has 0 radical (unpaired) electrons. The fourth-order valence-electron chi connectivity index (χ4n) is 6.66. The van der Waals surface area contributed by atoms with Gasteiger partial charge in [-0.25, -0.2) is 4.98 Å². The molecule has 2 aromatic heterocycles. The number of H-pyrrole nitrogens is 1. The number of primary amides is 1. The Labute approximate surface area is 356 Å². The van der Waals surface area contributed by atoms with Gasteiger partial charge in [-0.15, -0.1) is 11.3 Å². The van der Waals surface area contributed by atoms with E-state index in [4.69, 9.17) is 16.2 Å². The summed E-state index contributed by atoms with van der Waals surface area (Å²) in [7, 11) is 1.40. The second kappa shape index (κ2) is 21.5. The van der Waals surface area contributed by atoms with Crippen molar-refractivity contribution in [2.45, 2.75) is 103 Å². The minimum atomic E-state index is -1.71. The highest BCUT2D eigenvalue weighted by Gasteiger charge is 2.43. The molecule has 1 unspecified atom stereocenters. The van der Waals surface area contributed by atoms with Crippen LogP contribution in [0.2, 0.25) is 0 Å². The minimum Gasteiger partial charge on any atom is -0.508 e. The molecule has 1 aromatic carbocycles. The summed E-state index contributed by atoms with van der Waals surface area (Å²) in [5.41, 5.74) is 12.7. The summed E-state index contributed by atoms with van der Waals surface area (Å²) in [6, 6.07) is -3.77. The summed E-state index contributed by atoms with van der Waals surface area (Å²) < 4.78 is 5.30. The van der Waals surface area contributed by atoms with Gasteiger partial charge in [0.15, 0.2) is 0 Å². The maximum Gasteiger partial charge on any atom is 0.290 e. The first-order valence-electron chi connectivity index (χ1n) is 20.0. The Morgan fingerprint density at radius 1 is 1.03 bits per heavy atom. The number of fused-ring (bicyclic) bond motifs is 3. The molecular formula is C41H55N9O10S. The van der Waals surface area contributed by atoms with Gasteiger partial charge >= 0.3 is 0 Å². The van der Waals surface area contributed by atoms with Gasteiger partial charge in [0.05, 0.1) is 24.4 Å². The Morgan fingerprint density at radius 3 is 2.41 bits per heavy atom. The number of nitrogens with zero attached hydrogens (tertiary/aromatic N) is 2. The van der Waals surface area contributed by atoms with Crippen LogP contribution in [0.15, 0.2) is 35.9 Å². The molecular weight excluding hydrogens is 811 g/mol. The van der Waals surface area contributed by atoms with E-state index in [1.54, 1.807) is 45.3 Å². The average molecular weight is 866 g/mol. The molecule has 10 N–H and O–H groups in total. The lowest BCUT2D eigenvalue weighted by Gasteiger charge is -2.36. The van der Waals surface area contributed by atoms with Crippen LogP contribution in [0.1, 0.15) is 82.6 Å². The van der Waals surface area contributed by atoms with Crippen LogP contribution >= 0.6 is 11.3 Å². The molecule has 330 valence electrons. The number of hydrogen-bond acceptors (Lipinski definition) is 13. The number of hydrogen-bond donors (Lipinski definition) is 8. The highest BCUT2D eigenvalue weighted by molar-refractivity contribution is 7.09. The van der Waals surface area contributed by atoms with Gasteiger partial charge in [0, 0.05) is 48.5 Å². The first-order valence-corrected chi connectivity index (χ1v) is 20.9. The van der Waals surface area contributed by atoms with E-state index in [9.17, 15) is 38.7 Å². The van der Waals surface area contributed by atoms with Crippen LogP contribution in [0, 0.1) is 11.8 Å². The van der Waals surface area contributed by atoms with E-state index in [0.717, 1.165) is 17.4 Å². The Hall–Kier alpha value is -5.99. The van der Waals surface area contributed by atoms with Crippen LogP contribution < -0.4 is 32.7 Å². The second-order valence-electron chi connectivity index (χ2n) is 15.2. The van der Waals surface area contributed by atoms with Crippen molar-refractivity contribution in [2.24, 2.45) is 23.3 Å². The van der Waals surface area contributed by atoms with Crippen molar-refractivity contribution in [3.63, 3.8) is 0 Å². The zero-order valence-electron chi connectivity index (χ0n) is 35.0. The van der Waals surface area contributed by atoms with Crippen molar-refractivity contribution >= 4 is 75.4 Å². The molecule has 8 atom stereocenters. The number of nitrogens with two attached hydrogens (primary N) is 2. The number of carbonyl (C=O) groups is 8. The zero-order valence-corrected chi connectivity index (χ0v) is 35.8. The molecule has 0 spiro atoms. The van der Waals surface area contributed by atoms with E-state index < -0.39 is 95.2 Å². The molecule has 4 rings (SSSR count). The van der Waals surface area contributed by atoms with Crippen LogP contribution in [0.5, 0.6) is 5.75 Å². The molecule has 0 saturated carbocycles. The van der Waals surface area contributed by atoms with Gasteiger partial charge in [-0.2, -0.15) is 0 Å². The highest BCUT2D eigenvalue weighted by Crippen LogP contribution is 2.26. The smallest absolute Gasteiger partial charge is 0.290 e. The number of carbonyl (C=O) groups excluding carboxylic acids is 8. The van der Waals surface area contributed by atoms with E-state index >= 15 is 4.79 Å². The van der Waals surface area contributed by atoms with Gasteiger partial charge in [-0.05, 0) is 55.0 Å². The van der Waals surface area contributed by atoms with Crippen molar-refractivity contribution in [1.82, 2.24) is 36.1 Å². The SMILES string of the molecule is CC[C@@H](C)[C@@H]1NC(=O)[C@H](C)N(C(=O)[C@@H](NC(=O)[C@@H](N)CCC(N)=O)[C@@H](C)CC)C(=O)C(Cc2c[nH]c3ccc(O)cc23)NC(=O)/C=C\c2csc(n2)[C@H](COC)NC(=O)C1=O. The minimum absolute atomic E-state index is 0.0655. The number of nitrogens with one attached hydrogen (secondary N) is 5. The largest absolute Gasteiger partial charge is 0.508 e. The number of thiazole rings is 1. The fourth-order valence-corrected chi connectivity index (χ4v) is 7.48. The quantitative estimate of drug-likeness (QED) is 0.105. The van der Waals surface area contributed by atoms with Crippen molar-refractivity contribution in [3.05, 3.63) is 52.1 Å². The predicted molar refractivity (Wildman–Crippen MR) is 225 cm³/mol. The standard InChI is InChI=1S/C41H55N9O10S/c1-7-20(3)33-35(54)38(57)47-30(18-60-6)39-45-24(19-61-39)9-14-32(53)46-29(15-23-17-44-28-12-10-25(51)16-26(23)28)40(58)50(22(5)36(55)48-33)41(59)34(21(4)8-2)49-37(56)27(42)11-13-31(43)52/h9-10,12,14,16-17,19-22,27,29-30,33-34,44,51H,7-8,11,13,15,18,42H2,1-6H3,(H2,43,52)(H,46,53)(H,47,57)(H,48,55)(H,49,56)/b14-9-/t20-,21+,22+,27+,29?,30+,33+,34+/m1/s1. The van der Waals surface area contributed by atoms with Crippen molar-refractivity contribution in [1.29, 1.82) is 0 Å². The summed E-state index contributed by atoms with van der Waals surface area (Å²) in [5, 5.41) is 23.3. The van der Waals surface area contributed by atoms with E-state index in [-0.39, 0.29) is 31.6 Å². The number of benzene rings is 1. The van der Waals surface area contributed by atoms with E-state index in [1.165, 1.54) is 32.2 Å². The number of amides is 7. The Balaban J connectivity index is 1.90. The first kappa shape index (κ1) is 47.7. The maximum atomic E-state index is 15.1. The van der Waals surface area contributed by atoms with Gasteiger partial charge < -0.3 is 47.6 Å². The van der Waals surface area contributed by atoms with Crippen molar-refractivity contribution in [3.8, 4) is 5.75 Å². The lowest BCUT2D eigenvalue weighted by molar-refractivity contribution is -0.156. The molecule has 0 fully saturated rings. The maximum absolute atomic E-state index is 15.1. The third-order valence-corrected chi connectivity index (χ3v) is 11.7. The van der Waals surface area contributed by atoms with Crippen molar-refractivity contribution < 1.29 is 48.2 Å². The second-order valence-corrected chi connectivity index (χ2v) is 16.1. The molecule has 19 nitrogen and oxygen atoms in total. The number of ketones is 1. The van der Waals surface area contributed by atoms with Gasteiger partial charge in [0.25, 0.3) is 17.7 Å². The molecule has 0 saturated heterocycles. The summed E-state index contributed by atoms with van der Waals surface area (Å²) in [6.07, 6.45) is 4.07. The Bertz CT molecular complexity index is 2150. The van der Waals surface area contributed by atoms with Crippen LogP contribution in [0.25, 0.3) is 17.0 Å². The normalized spacial score (nSPS) is 21.9. The molecule has 20 heteroatoms. The molecule has 3 aromatic rings. The summed E-state index contributed by atoms with van der Waals surface area (Å²) in [4.78, 5) is 119. The average Bonchev–Trinajstić information content (AvgIpc) is 3.88. The third-order valence-electron chi connectivity index (χ3n) is 10.7. The van der Waals surface area contributed by atoms with Crippen LogP contribution in [0.4, 0.5) is 0 Å². The van der Waals surface area contributed by atoms with Gasteiger partial charge in [-0.3, -0.25) is 43.3 Å². The molecule has 1 aliphatic rings. The number of phenolic OH excluding ortho intramolecular Hbond substituents is 1. The topological polar surface area (TPSA) is 298 Å². The number of phenols is 1. The summed E-state index contributed by atoms with van der Waals surface area (Å²) in [6.45, 7) is 7.94. The molecule has 61 heavy (non-hydrogen) atoms. The first-order chi connectivity index (χ1) is 28.9. The molecule has 7 amide bonds. The van der Waals surface area contributed by atoms with E-state index in [0.29, 0.717) is 44.9 Å². The van der Waals surface area contributed by atoms with Crippen LogP contribution in [-0.2, 0) is 49.5 Å². The number of methoxy groups -OCH3 is 1. The number of Topliss-reactive ketones (excluding diaryl/α,β-unsaturated/α-hetero) is 1. The number of ether oxygens (including phenoxy) is 1. The number of imide groups is 1. The van der Waals surface area contributed by atoms with Crippen LogP contribution in [-0.4, -0.2) is 111 Å². The Kier molecular flexibility index (Phi) is 16.8. The van der Waals surface area contributed by atoms with E-state index in [2.05, 4.69) is 31.2 Å². The number of aromatic nitrogens is 2. The molecule has 0 aliphatic carbocycles.